The molecule has 1 aromatic carbocycles. The zero-order chi connectivity index (χ0) is 18.8. The van der Waals surface area contributed by atoms with Crippen molar-refractivity contribution >= 4 is 21.9 Å². The van der Waals surface area contributed by atoms with Crippen molar-refractivity contribution < 1.29 is 23.1 Å². The van der Waals surface area contributed by atoms with Crippen molar-refractivity contribution in [2.24, 2.45) is 0 Å². The van der Waals surface area contributed by atoms with Gasteiger partial charge in [0.25, 0.3) is 5.91 Å². The summed E-state index contributed by atoms with van der Waals surface area (Å²) in [5, 5.41) is 11.9. The molecule has 0 radical (unpaired) electrons. The Morgan fingerprint density at radius 3 is 2.28 bits per heavy atom. The summed E-state index contributed by atoms with van der Waals surface area (Å²) in [6, 6.07) is 4.41. The molecule has 1 saturated carbocycles. The molecule has 0 spiro atoms. The van der Waals surface area contributed by atoms with Gasteiger partial charge in [0.2, 0.25) is 10.0 Å². The number of amides is 1. The maximum atomic E-state index is 12.8. The standard InChI is InChI=1S/C17H24N2O5S/c1-4-19(5-2)25(23,24)14-11-13(8-7-12(14)3)15(20)18-17(16(21)22)9-6-10-17/h7-8,11H,4-6,9-10H2,1-3H3,(H,18,20)(H,21,22). The molecule has 0 aromatic heterocycles. The molecule has 1 amide bonds. The highest BCUT2D eigenvalue weighted by Crippen LogP contribution is 2.32. The zero-order valence-electron chi connectivity index (χ0n) is 14.7. The van der Waals surface area contributed by atoms with Gasteiger partial charge in [-0.05, 0) is 43.9 Å². The second-order valence-electron chi connectivity index (χ2n) is 6.26. The lowest BCUT2D eigenvalue weighted by Crippen LogP contribution is -2.59. The highest BCUT2D eigenvalue weighted by molar-refractivity contribution is 7.89. The van der Waals surface area contributed by atoms with Crippen LogP contribution in [-0.4, -0.2) is 48.3 Å². The average Bonchev–Trinajstić information content (AvgIpc) is 2.51. The topological polar surface area (TPSA) is 104 Å². The summed E-state index contributed by atoms with van der Waals surface area (Å²) in [7, 11) is -3.70. The van der Waals surface area contributed by atoms with Crippen LogP contribution >= 0.6 is 0 Å². The van der Waals surface area contributed by atoms with Gasteiger partial charge in [0.05, 0.1) is 4.90 Å². The van der Waals surface area contributed by atoms with Crippen molar-refractivity contribution in [3.8, 4) is 0 Å². The number of aryl methyl sites for hydroxylation is 1. The minimum absolute atomic E-state index is 0.0711. The average molecular weight is 368 g/mol. The predicted octanol–water partition coefficient (Wildman–Crippen LogP) is 1.76. The molecule has 0 bridgehead atoms. The van der Waals surface area contributed by atoms with E-state index in [0.29, 0.717) is 31.5 Å². The minimum Gasteiger partial charge on any atom is -0.480 e. The Morgan fingerprint density at radius 1 is 1.24 bits per heavy atom. The number of carboxylic acids is 1. The lowest BCUT2D eigenvalue weighted by Gasteiger charge is -2.38. The fourth-order valence-corrected chi connectivity index (χ4v) is 4.64. The van der Waals surface area contributed by atoms with E-state index in [1.807, 2.05) is 0 Å². The van der Waals surface area contributed by atoms with E-state index in [0.717, 1.165) is 6.42 Å². The van der Waals surface area contributed by atoms with Gasteiger partial charge in [-0.15, -0.1) is 0 Å². The molecular formula is C17H24N2O5S. The quantitative estimate of drug-likeness (QED) is 0.763. The summed E-state index contributed by atoms with van der Waals surface area (Å²) in [5.41, 5.74) is -0.552. The highest BCUT2D eigenvalue weighted by atomic mass is 32.2. The van der Waals surface area contributed by atoms with Crippen LogP contribution in [0.3, 0.4) is 0 Å². The van der Waals surface area contributed by atoms with Crippen molar-refractivity contribution in [3.63, 3.8) is 0 Å². The first-order valence-electron chi connectivity index (χ1n) is 8.34. The molecule has 1 aromatic rings. The molecule has 0 unspecified atom stereocenters. The number of benzene rings is 1. The summed E-state index contributed by atoms with van der Waals surface area (Å²) >= 11 is 0. The van der Waals surface area contributed by atoms with E-state index in [4.69, 9.17) is 0 Å². The maximum Gasteiger partial charge on any atom is 0.329 e. The van der Waals surface area contributed by atoms with Crippen LogP contribution in [0.25, 0.3) is 0 Å². The number of carbonyl (C=O) groups is 2. The van der Waals surface area contributed by atoms with Gasteiger partial charge in [0, 0.05) is 18.7 Å². The third-order valence-electron chi connectivity index (χ3n) is 4.74. The molecular weight excluding hydrogens is 344 g/mol. The third kappa shape index (κ3) is 3.55. The molecule has 1 aliphatic carbocycles. The summed E-state index contributed by atoms with van der Waals surface area (Å²) in [4.78, 5) is 23.9. The maximum absolute atomic E-state index is 12.8. The molecule has 1 aliphatic rings. The number of hydrogen-bond donors (Lipinski definition) is 2. The zero-order valence-corrected chi connectivity index (χ0v) is 15.5. The second kappa shape index (κ2) is 7.13. The van der Waals surface area contributed by atoms with Gasteiger partial charge in [-0.3, -0.25) is 4.79 Å². The summed E-state index contributed by atoms with van der Waals surface area (Å²) in [6.07, 6.45) is 1.50. The fraction of sp³-hybridized carbons (Fsp3) is 0.529. The number of hydrogen-bond acceptors (Lipinski definition) is 4. The van der Waals surface area contributed by atoms with Crippen LogP contribution in [0.4, 0.5) is 0 Å². The first-order chi connectivity index (χ1) is 11.7. The number of carbonyl (C=O) groups excluding carboxylic acids is 1. The van der Waals surface area contributed by atoms with Crippen LogP contribution < -0.4 is 5.32 Å². The molecule has 7 nitrogen and oxygen atoms in total. The Balaban J connectivity index is 2.36. The van der Waals surface area contributed by atoms with E-state index in [1.54, 1.807) is 26.8 Å². The molecule has 0 atom stereocenters. The largest absolute Gasteiger partial charge is 0.480 e. The number of rotatable bonds is 7. The van der Waals surface area contributed by atoms with Crippen molar-refractivity contribution in [1.29, 1.82) is 0 Å². The van der Waals surface area contributed by atoms with E-state index in [9.17, 15) is 23.1 Å². The molecule has 2 rings (SSSR count). The lowest BCUT2D eigenvalue weighted by molar-refractivity contribution is -0.148. The van der Waals surface area contributed by atoms with Gasteiger partial charge in [0.1, 0.15) is 5.54 Å². The third-order valence-corrected chi connectivity index (χ3v) is 6.93. The molecule has 2 N–H and O–H groups in total. The van der Waals surface area contributed by atoms with E-state index in [-0.39, 0.29) is 10.5 Å². The summed E-state index contributed by atoms with van der Waals surface area (Å²) in [6.45, 7) is 5.83. The SMILES string of the molecule is CCN(CC)S(=O)(=O)c1cc(C(=O)NC2(C(=O)O)CCC2)ccc1C. The molecule has 0 aliphatic heterocycles. The van der Waals surface area contributed by atoms with Gasteiger partial charge in [-0.2, -0.15) is 4.31 Å². The van der Waals surface area contributed by atoms with Crippen LogP contribution in [-0.2, 0) is 14.8 Å². The van der Waals surface area contributed by atoms with Gasteiger partial charge < -0.3 is 10.4 Å². The Kier molecular flexibility index (Phi) is 5.53. The number of carboxylic acid groups (broad SMARTS) is 1. The minimum atomic E-state index is -3.70. The predicted molar refractivity (Wildman–Crippen MR) is 93.0 cm³/mol. The molecule has 0 heterocycles. The van der Waals surface area contributed by atoms with Crippen LogP contribution in [0.15, 0.2) is 23.1 Å². The first kappa shape index (κ1) is 19.4. The number of nitrogens with zero attached hydrogens (tertiary/aromatic N) is 1. The molecule has 25 heavy (non-hydrogen) atoms. The van der Waals surface area contributed by atoms with E-state index in [1.165, 1.54) is 16.4 Å². The Labute approximate surface area is 148 Å². The van der Waals surface area contributed by atoms with E-state index in [2.05, 4.69) is 5.32 Å². The smallest absolute Gasteiger partial charge is 0.329 e. The molecule has 0 saturated heterocycles. The molecule has 138 valence electrons. The molecule has 8 heteroatoms. The fourth-order valence-electron chi connectivity index (χ4n) is 2.93. The Hall–Kier alpha value is -1.93. The van der Waals surface area contributed by atoms with Crippen LogP contribution in [0.2, 0.25) is 0 Å². The van der Waals surface area contributed by atoms with Gasteiger partial charge in [-0.1, -0.05) is 19.9 Å². The van der Waals surface area contributed by atoms with Gasteiger partial charge in [-0.25, -0.2) is 13.2 Å². The Bertz CT molecular complexity index is 780. The van der Waals surface area contributed by atoms with Gasteiger partial charge >= 0.3 is 5.97 Å². The number of sulfonamides is 1. The van der Waals surface area contributed by atoms with Crippen molar-refractivity contribution in [2.45, 2.75) is 50.5 Å². The van der Waals surface area contributed by atoms with Crippen molar-refractivity contribution in [1.82, 2.24) is 9.62 Å². The summed E-state index contributed by atoms with van der Waals surface area (Å²) < 4.78 is 26.8. The Morgan fingerprint density at radius 2 is 1.84 bits per heavy atom. The molecule has 1 fully saturated rings. The van der Waals surface area contributed by atoms with Gasteiger partial charge in [0.15, 0.2) is 0 Å². The second-order valence-corrected chi connectivity index (χ2v) is 8.17. The van der Waals surface area contributed by atoms with Crippen molar-refractivity contribution in [3.05, 3.63) is 29.3 Å². The first-order valence-corrected chi connectivity index (χ1v) is 9.78. The van der Waals surface area contributed by atoms with E-state index >= 15 is 0 Å². The van der Waals surface area contributed by atoms with E-state index < -0.39 is 27.4 Å². The van der Waals surface area contributed by atoms with Crippen LogP contribution in [0.5, 0.6) is 0 Å². The summed E-state index contributed by atoms with van der Waals surface area (Å²) in [5.74, 6) is -1.63. The highest BCUT2D eigenvalue weighted by Gasteiger charge is 2.45. The number of aliphatic carboxylic acids is 1. The van der Waals surface area contributed by atoms with Crippen molar-refractivity contribution in [2.75, 3.05) is 13.1 Å². The van der Waals surface area contributed by atoms with Crippen LogP contribution in [0.1, 0.15) is 49.0 Å². The monoisotopic (exact) mass is 368 g/mol. The number of nitrogens with one attached hydrogen (secondary N) is 1. The van der Waals surface area contributed by atoms with Crippen LogP contribution in [0, 0.1) is 6.92 Å². The normalized spacial score (nSPS) is 16.3. The lowest BCUT2D eigenvalue weighted by atomic mass is 9.76.